The first-order valence-electron chi connectivity index (χ1n) is 9.15. The summed E-state index contributed by atoms with van der Waals surface area (Å²) in [7, 11) is 0. The average Bonchev–Trinajstić information content (AvgIpc) is 3.33. The molecule has 2 atom stereocenters. The van der Waals surface area contributed by atoms with E-state index in [1.54, 1.807) is 4.90 Å². The van der Waals surface area contributed by atoms with Crippen LogP contribution in [0.4, 0.5) is 0 Å². The van der Waals surface area contributed by atoms with E-state index in [1.807, 2.05) is 42.5 Å². The van der Waals surface area contributed by atoms with Gasteiger partial charge in [-0.1, -0.05) is 24.3 Å². The number of nitrogens with zero attached hydrogens (tertiary/aromatic N) is 1. The van der Waals surface area contributed by atoms with Crippen LogP contribution < -0.4 is 14.8 Å². The summed E-state index contributed by atoms with van der Waals surface area (Å²) in [6, 6.07) is 12.7. The van der Waals surface area contributed by atoms with Gasteiger partial charge < -0.3 is 24.7 Å². The molecule has 2 amide bonds. The monoisotopic (exact) mass is 374 g/mol. The van der Waals surface area contributed by atoms with Crippen molar-refractivity contribution >= 4 is 22.7 Å². The van der Waals surface area contributed by atoms with Crippen LogP contribution in [0.1, 0.15) is 22.9 Å². The van der Waals surface area contributed by atoms with Crippen molar-refractivity contribution in [1.29, 1.82) is 0 Å². The summed E-state index contributed by atoms with van der Waals surface area (Å²) >= 11 is 0. The second kappa shape index (κ2) is 5.51. The number of benzene rings is 2. The number of nitrogens with one attached hydrogen (secondary N) is 2. The molecule has 2 aromatic carbocycles. The van der Waals surface area contributed by atoms with Crippen molar-refractivity contribution in [3.63, 3.8) is 0 Å². The quantitative estimate of drug-likeness (QED) is 0.683. The summed E-state index contributed by atoms with van der Waals surface area (Å²) in [5.41, 5.74) is 3.88. The van der Waals surface area contributed by atoms with Crippen LogP contribution in [0.5, 0.6) is 11.5 Å². The molecule has 1 aromatic heterocycles. The van der Waals surface area contributed by atoms with Crippen LogP contribution in [0.2, 0.25) is 0 Å². The minimum Gasteiger partial charge on any atom is -0.454 e. The van der Waals surface area contributed by atoms with Crippen molar-refractivity contribution in [2.24, 2.45) is 0 Å². The zero-order valence-corrected chi connectivity index (χ0v) is 14.8. The highest BCUT2D eigenvalue weighted by Gasteiger charge is 2.46. The van der Waals surface area contributed by atoms with E-state index in [1.165, 1.54) is 6.54 Å². The van der Waals surface area contributed by atoms with Gasteiger partial charge in [0.25, 0.3) is 0 Å². The van der Waals surface area contributed by atoms with E-state index in [-0.39, 0.29) is 18.6 Å². The molecule has 7 nitrogen and oxygen atoms in total. The molecular weight excluding hydrogens is 358 g/mol. The highest BCUT2D eigenvalue weighted by Crippen LogP contribution is 2.44. The topological polar surface area (TPSA) is 83.7 Å². The maximum Gasteiger partial charge on any atom is 0.249 e. The lowest BCUT2D eigenvalue weighted by atomic mass is 9.86. The lowest BCUT2D eigenvalue weighted by Gasteiger charge is -2.43. The summed E-state index contributed by atoms with van der Waals surface area (Å²) in [4.78, 5) is 30.6. The number of piperazine rings is 1. The van der Waals surface area contributed by atoms with Crippen LogP contribution in [0.3, 0.4) is 0 Å². The molecule has 7 heteroatoms. The van der Waals surface area contributed by atoms with Crippen LogP contribution in [-0.2, 0) is 16.0 Å². The lowest BCUT2D eigenvalue weighted by Crippen LogP contribution is -2.59. The van der Waals surface area contributed by atoms with E-state index >= 15 is 0 Å². The van der Waals surface area contributed by atoms with Crippen molar-refractivity contribution in [2.45, 2.75) is 18.5 Å². The molecule has 28 heavy (non-hydrogen) atoms. The molecule has 0 bridgehead atoms. The van der Waals surface area contributed by atoms with Gasteiger partial charge in [0.2, 0.25) is 18.6 Å². The molecule has 2 N–H and O–H groups in total. The molecule has 0 saturated carbocycles. The number of ether oxygens (including phenoxy) is 2. The van der Waals surface area contributed by atoms with Crippen molar-refractivity contribution in [2.75, 3.05) is 6.79 Å². The number of hydrogen-bond acceptors (Lipinski definition) is 4. The molecule has 6 rings (SSSR count). The van der Waals surface area contributed by atoms with Gasteiger partial charge in [0, 0.05) is 23.0 Å². The fraction of sp³-hybridized carbons (Fsp3) is 0.190. The van der Waals surface area contributed by atoms with E-state index in [2.05, 4.69) is 10.3 Å². The van der Waals surface area contributed by atoms with Crippen molar-refractivity contribution in [3.05, 3.63) is 65.8 Å². The van der Waals surface area contributed by atoms with Crippen LogP contribution in [-0.4, -0.2) is 34.5 Å². The maximum atomic E-state index is 12.8. The van der Waals surface area contributed by atoms with E-state index < -0.39 is 12.1 Å². The molecule has 1 saturated heterocycles. The van der Waals surface area contributed by atoms with Gasteiger partial charge in [0.05, 0.1) is 6.04 Å². The number of amides is 2. The largest absolute Gasteiger partial charge is 0.454 e. The molecule has 0 spiro atoms. The number of para-hydroxylation sites is 1. The highest BCUT2D eigenvalue weighted by atomic mass is 16.7. The van der Waals surface area contributed by atoms with Crippen LogP contribution in [0.15, 0.2) is 42.5 Å². The standard InChI is InChI=1S/C21H16N3O4/c25-18-9-22-21(26)15-8-13-12-3-1-2-4-14(12)23-19(13)20(24(15)18)11-5-6-16-17(7-11)28-10-27-16/h1-7,9,15,20,23H,8,10H2,(H,22,26)/t15-,20-/m1/s1. The lowest BCUT2D eigenvalue weighted by molar-refractivity contribution is -0.145. The minimum absolute atomic E-state index is 0.165. The highest BCUT2D eigenvalue weighted by molar-refractivity contribution is 6.00. The van der Waals surface area contributed by atoms with Gasteiger partial charge in [0.15, 0.2) is 11.5 Å². The molecule has 4 heterocycles. The Morgan fingerprint density at radius 2 is 1.89 bits per heavy atom. The number of fused-ring (bicyclic) bond motifs is 5. The summed E-state index contributed by atoms with van der Waals surface area (Å²) in [6.07, 6.45) is 0.478. The number of carbonyl (C=O) groups excluding carboxylic acids is 2. The molecule has 1 radical (unpaired) electrons. The fourth-order valence-corrected chi connectivity index (χ4v) is 4.50. The third kappa shape index (κ3) is 2.04. The van der Waals surface area contributed by atoms with Crippen molar-refractivity contribution < 1.29 is 19.1 Å². The van der Waals surface area contributed by atoms with E-state index in [0.717, 1.165) is 27.7 Å². The number of rotatable bonds is 1. The van der Waals surface area contributed by atoms with Crippen LogP contribution in [0, 0.1) is 6.54 Å². The summed E-state index contributed by atoms with van der Waals surface area (Å²) < 4.78 is 11.0. The molecule has 3 aliphatic heterocycles. The SMILES string of the molecule is O=C1N[CH]C(=O)N2[C@H](c3ccc4c(c3)OCO4)c3[nH]c4ccccc4c3C[C@H]12. The Morgan fingerprint density at radius 3 is 2.82 bits per heavy atom. The summed E-state index contributed by atoms with van der Waals surface area (Å²) in [6.45, 7) is 1.43. The predicted octanol–water partition coefficient (Wildman–Crippen LogP) is 2.03. The van der Waals surface area contributed by atoms with Gasteiger partial charge in [-0.05, 0) is 29.3 Å². The normalized spacial score (nSPS) is 22.8. The fourth-order valence-electron chi connectivity index (χ4n) is 4.50. The van der Waals surface area contributed by atoms with E-state index in [9.17, 15) is 9.59 Å². The van der Waals surface area contributed by atoms with Crippen LogP contribution >= 0.6 is 0 Å². The van der Waals surface area contributed by atoms with E-state index in [4.69, 9.17) is 9.47 Å². The Hall–Kier alpha value is -3.48. The Bertz CT molecular complexity index is 1150. The smallest absolute Gasteiger partial charge is 0.249 e. The summed E-state index contributed by atoms with van der Waals surface area (Å²) in [5.74, 6) is 0.954. The first-order valence-corrected chi connectivity index (χ1v) is 9.15. The molecule has 0 aliphatic carbocycles. The molecule has 0 unspecified atom stereocenters. The van der Waals surface area contributed by atoms with Gasteiger partial charge in [-0.3, -0.25) is 9.59 Å². The number of aromatic nitrogens is 1. The van der Waals surface area contributed by atoms with Gasteiger partial charge in [0.1, 0.15) is 12.6 Å². The van der Waals surface area contributed by atoms with E-state index in [0.29, 0.717) is 17.9 Å². The first-order chi connectivity index (χ1) is 13.7. The van der Waals surface area contributed by atoms with Gasteiger partial charge >= 0.3 is 0 Å². The Balaban J connectivity index is 1.60. The van der Waals surface area contributed by atoms with Gasteiger partial charge in [-0.15, -0.1) is 0 Å². The summed E-state index contributed by atoms with van der Waals surface area (Å²) in [5, 5.41) is 3.69. The average molecular weight is 374 g/mol. The third-order valence-electron chi connectivity index (χ3n) is 5.74. The minimum atomic E-state index is -0.556. The Labute approximate surface area is 160 Å². The second-order valence-corrected chi connectivity index (χ2v) is 7.20. The van der Waals surface area contributed by atoms with Gasteiger partial charge in [-0.2, -0.15) is 0 Å². The Morgan fingerprint density at radius 1 is 1.04 bits per heavy atom. The number of carbonyl (C=O) groups is 2. The number of H-pyrrole nitrogens is 1. The maximum absolute atomic E-state index is 12.8. The zero-order valence-electron chi connectivity index (χ0n) is 14.8. The molecular formula is C21H16N3O4. The predicted molar refractivity (Wildman–Crippen MR) is 99.5 cm³/mol. The second-order valence-electron chi connectivity index (χ2n) is 7.20. The van der Waals surface area contributed by atoms with Crippen molar-refractivity contribution in [1.82, 2.24) is 15.2 Å². The van der Waals surface area contributed by atoms with Gasteiger partial charge in [-0.25, -0.2) is 0 Å². The Kier molecular flexibility index (Phi) is 3.06. The van der Waals surface area contributed by atoms with Crippen LogP contribution in [0.25, 0.3) is 10.9 Å². The third-order valence-corrected chi connectivity index (χ3v) is 5.74. The molecule has 3 aromatic rings. The van der Waals surface area contributed by atoms with Crippen molar-refractivity contribution in [3.8, 4) is 11.5 Å². The first kappa shape index (κ1) is 15.6. The molecule has 1 fully saturated rings. The number of hydrogen-bond donors (Lipinski definition) is 2. The molecule has 3 aliphatic rings. The number of aromatic amines is 1. The zero-order chi connectivity index (χ0) is 18.8. The molecule has 139 valence electrons.